The maximum atomic E-state index is 13.8. The van der Waals surface area contributed by atoms with Gasteiger partial charge in [0.05, 0.1) is 16.7 Å². The Morgan fingerprint density at radius 1 is 1.33 bits per heavy atom. The van der Waals surface area contributed by atoms with Gasteiger partial charge in [-0.1, -0.05) is 0 Å². The van der Waals surface area contributed by atoms with Crippen LogP contribution in [-0.2, 0) is 12.6 Å². The summed E-state index contributed by atoms with van der Waals surface area (Å²) >= 11 is 0. The summed E-state index contributed by atoms with van der Waals surface area (Å²) in [6.45, 7) is 0. The molecule has 0 bridgehead atoms. The second-order valence-corrected chi connectivity index (χ2v) is 6.08. The summed E-state index contributed by atoms with van der Waals surface area (Å²) in [4.78, 5) is 11.3. The number of benzene rings is 1. The molecule has 0 saturated carbocycles. The number of fused-ring (bicyclic) bond motifs is 1. The molecular formula is C17H11F5N2O3. The summed E-state index contributed by atoms with van der Waals surface area (Å²) < 4.78 is 68.6. The van der Waals surface area contributed by atoms with Gasteiger partial charge in [0, 0.05) is 29.6 Å². The minimum atomic E-state index is -4.99. The minimum Gasteiger partial charge on any atom is -0.478 e. The van der Waals surface area contributed by atoms with Gasteiger partial charge in [-0.3, -0.25) is 0 Å². The standard InChI is InChI=1S/C17H11F5N2O3/c18-16(19)4-3-12-13(14(16)25)11(17(20,21)22)7-24(12)9-2-1-8(6-23)10(5-9)15(26)27/h1-2,5,7,14,25H,3-4H2,(H,26,27). The summed E-state index contributed by atoms with van der Waals surface area (Å²) in [6, 6.07) is 4.97. The van der Waals surface area contributed by atoms with Crippen molar-refractivity contribution in [3.63, 3.8) is 0 Å². The largest absolute Gasteiger partial charge is 0.478 e. The first kappa shape index (κ1) is 18.8. The van der Waals surface area contributed by atoms with Crippen LogP contribution in [-0.4, -0.2) is 26.7 Å². The van der Waals surface area contributed by atoms with Crippen molar-refractivity contribution in [2.24, 2.45) is 0 Å². The van der Waals surface area contributed by atoms with Crippen LogP contribution in [0.15, 0.2) is 24.4 Å². The summed E-state index contributed by atoms with van der Waals surface area (Å²) in [7, 11) is 0. The number of carbonyl (C=O) groups is 1. The van der Waals surface area contributed by atoms with Gasteiger partial charge < -0.3 is 14.8 Å². The number of nitriles is 1. The number of hydrogen-bond acceptors (Lipinski definition) is 3. The minimum absolute atomic E-state index is 0.0458. The van der Waals surface area contributed by atoms with E-state index in [1.165, 1.54) is 6.07 Å². The number of halogens is 5. The molecule has 1 aromatic heterocycles. The molecule has 27 heavy (non-hydrogen) atoms. The fourth-order valence-corrected chi connectivity index (χ4v) is 3.17. The second kappa shape index (κ2) is 6.06. The lowest BCUT2D eigenvalue weighted by Gasteiger charge is -2.29. The Hall–Kier alpha value is -2.93. The van der Waals surface area contributed by atoms with E-state index >= 15 is 0 Å². The molecule has 3 rings (SSSR count). The SMILES string of the molecule is N#Cc1ccc(-n2cc(C(F)(F)F)c3c2CCC(F)(F)C3O)cc1C(=O)O. The molecule has 0 spiro atoms. The van der Waals surface area contributed by atoms with Gasteiger partial charge in [-0.25, -0.2) is 13.6 Å². The molecule has 1 unspecified atom stereocenters. The highest BCUT2D eigenvalue weighted by Gasteiger charge is 2.50. The lowest BCUT2D eigenvalue weighted by atomic mass is 9.89. The number of aromatic nitrogens is 1. The summed E-state index contributed by atoms with van der Waals surface area (Å²) in [5, 5.41) is 27.9. The first-order valence-corrected chi connectivity index (χ1v) is 7.62. The van der Waals surface area contributed by atoms with Gasteiger partial charge in [0.15, 0.2) is 0 Å². The predicted octanol–water partition coefficient (Wildman–Crippen LogP) is 3.68. The highest BCUT2D eigenvalue weighted by atomic mass is 19.4. The molecule has 1 aromatic carbocycles. The number of aliphatic hydroxyl groups excluding tert-OH is 1. The Kier molecular flexibility index (Phi) is 4.23. The van der Waals surface area contributed by atoms with Crippen LogP contribution in [0.3, 0.4) is 0 Å². The van der Waals surface area contributed by atoms with Crippen LogP contribution in [0.25, 0.3) is 5.69 Å². The van der Waals surface area contributed by atoms with E-state index in [1.807, 2.05) is 0 Å². The molecule has 0 saturated heterocycles. The van der Waals surface area contributed by atoms with Crippen LogP contribution >= 0.6 is 0 Å². The lowest BCUT2D eigenvalue weighted by Crippen LogP contribution is -2.33. The number of alkyl halides is 5. The highest BCUT2D eigenvalue weighted by molar-refractivity contribution is 5.91. The van der Waals surface area contributed by atoms with Gasteiger partial charge in [-0.05, 0) is 24.6 Å². The number of carboxylic acid groups (broad SMARTS) is 1. The Morgan fingerprint density at radius 2 is 2.00 bits per heavy atom. The molecule has 142 valence electrons. The maximum absolute atomic E-state index is 13.8. The van der Waals surface area contributed by atoms with E-state index in [-0.39, 0.29) is 16.9 Å². The van der Waals surface area contributed by atoms with E-state index in [4.69, 9.17) is 5.26 Å². The highest BCUT2D eigenvalue weighted by Crippen LogP contribution is 2.48. The van der Waals surface area contributed by atoms with E-state index in [1.54, 1.807) is 6.07 Å². The zero-order valence-corrected chi connectivity index (χ0v) is 13.4. The van der Waals surface area contributed by atoms with E-state index in [0.29, 0.717) is 6.20 Å². The van der Waals surface area contributed by atoms with Crippen molar-refractivity contribution in [2.45, 2.75) is 31.0 Å². The van der Waals surface area contributed by atoms with Gasteiger partial charge in [0.25, 0.3) is 5.92 Å². The van der Waals surface area contributed by atoms with Crippen LogP contribution in [0.1, 0.15) is 45.3 Å². The molecule has 1 aliphatic carbocycles. The average molecular weight is 386 g/mol. The average Bonchev–Trinajstić information content (AvgIpc) is 2.98. The summed E-state index contributed by atoms with van der Waals surface area (Å²) in [6.07, 6.45) is -8.37. The van der Waals surface area contributed by atoms with Gasteiger partial charge in [-0.15, -0.1) is 0 Å². The van der Waals surface area contributed by atoms with Crippen molar-refractivity contribution in [2.75, 3.05) is 0 Å². The first-order chi connectivity index (χ1) is 12.5. The van der Waals surface area contributed by atoms with Gasteiger partial charge in [0.2, 0.25) is 0 Å². The monoisotopic (exact) mass is 386 g/mol. The first-order valence-electron chi connectivity index (χ1n) is 7.62. The zero-order chi connectivity index (χ0) is 20.1. The predicted molar refractivity (Wildman–Crippen MR) is 80.7 cm³/mol. The summed E-state index contributed by atoms with van der Waals surface area (Å²) in [5.41, 5.74) is -3.19. The molecule has 0 amide bonds. The molecule has 1 aliphatic rings. The Bertz CT molecular complexity index is 972. The Labute approximate surface area is 148 Å². The fourth-order valence-electron chi connectivity index (χ4n) is 3.17. The van der Waals surface area contributed by atoms with Crippen molar-refractivity contribution < 1.29 is 37.0 Å². The quantitative estimate of drug-likeness (QED) is 0.771. The molecule has 0 radical (unpaired) electrons. The van der Waals surface area contributed by atoms with Crippen molar-refractivity contribution >= 4 is 5.97 Å². The molecular weight excluding hydrogens is 375 g/mol. The number of rotatable bonds is 2. The number of nitrogens with zero attached hydrogens (tertiary/aromatic N) is 2. The van der Waals surface area contributed by atoms with Gasteiger partial charge in [-0.2, -0.15) is 18.4 Å². The second-order valence-electron chi connectivity index (χ2n) is 6.08. The third-order valence-corrected chi connectivity index (χ3v) is 4.46. The van der Waals surface area contributed by atoms with E-state index in [9.17, 15) is 37.0 Å². The molecule has 10 heteroatoms. The maximum Gasteiger partial charge on any atom is 0.418 e. The normalized spacial score (nSPS) is 18.6. The molecule has 2 aromatic rings. The number of aromatic carboxylic acids is 1. The number of carboxylic acids is 1. The fraction of sp³-hybridized carbons (Fsp3) is 0.294. The zero-order valence-electron chi connectivity index (χ0n) is 13.4. The molecule has 0 fully saturated rings. The Balaban J connectivity index is 2.27. The van der Waals surface area contributed by atoms with Crippen LogP contribution in [0.2, 0.25) is 0 Å². The van der Waals surface area contributed by atoms with Crippen LogP contribution in [0.4, 0.5) is 22.0 Å². The van der Waals surface area contributed by atoms with E-state index in [2.05, 4.69) is 0 Å². The molecule has 5 nitrogen and oxygen atoms in total. The molecule has 1 heterocycles. The van der Waals surface area contributed by atoms with Crippen LogP contribution in [0.5, 0.6) is 0 Å². The van der Waals surface area contributed by atoms with Crippen molar-refractivity contribution in [3.05, 3.63) is 52.3 Å². The number of hydrogen-bond donors (Lipinski definition) is 2. The van der Waals surface area contributed by atoms with E-state index in [0.717, 1.165) is 16.7 Å². The Morgan fingerprint density at radius 3 is 2.56 bits per heavy atom. The van der Waals surface area contributed by atoms with E-state index < -0.39 is 53.7 Å². The smallest absolute Gasteiger partial charge is 0.418 e. The molecule has 1 atom stereocenters. The summed E-state index contributed by atoms with van der Waals surface area (Å²) in [5.74, 6) is -5.17. The van der Waals surface area contributed by atoms with Crippen molar-refractivity contribution in [1.82, 2.24) is 4.57 Å². The molecule has 0 aliphatic heterocycles. The van der Waals surface area contributed by atoms with Gasteiger partial charge >= 0.3 is 12.1 Å². The van der Waals surface area contributed by atoms with Crippen LogP contribution < -0.4 is 0 Å². The van der Waals surface area contributed by atoms with Crippen molar-refractivity contribution in [1.29, 1.82) is 5.26 Å². The third kappa shape index (κ3) is 3.04. The lowest BCUT2D eigenvalue weighted by molar-refractivity contribution is -0.147. The third-order valence-electron chi connectivity index (χ3n) is 4.46. The number of aliphatic hydroxyl groups is 1. The van der Waals surface area contributed by atoms with Gasteiger partial charge in [0.1, 0.15) is 12.2 Å². The van der Waals surface area contributed by atoms with Crippen LogP contribution in [0, 0.1) is 11.3 Å². The molecule has 2 N–H and O–H groups in total. The van der Waals surface area contributed by atoms with Crippen molar-refractivity contribution in [3.8, 4) is 11.8 Å². The topological polar surface area (TPSA) is 86.3 Å².